The zero-order chi connectivity index (χ0) is 9.84. The highest BCUT2D eigenvalue weighted by Crippen LogP contribution is 2.30. The van der Waals surface area contributed by atoms with Gasteiger partial charge in [-0.3, -0.25) is 0 Å². The van der Waals surface area contributed by atoms with Crippen molar-refractivity contribution < 1.29 is 0 Å². The monoisotopic (exact) mass is 235 g/mol. The van der Waals surface area contributed by atoms with Crippen LogP contribution in [0.4, 0.5) is 0 Å². The molecule has 1 heterocycles. The fourth-order valence-electron chi connectivity index (χ4n) is 0.878. The Balaban J connectivity index is 2.53. The van der Waals surface area contributed by atoms with Gasteiger partial charge < -0.3 is 0 Å². The van der Waals surface area contributed by atoms with E-state index in [1.807, 2.05) is 11.8 Å². The molecule has 1 nitrogen and oxygen atoms in total. The third kappa shape index (κ3) is 3.49. The molecule has 0 saturated carbocycles. The summed E-state index contributed by atoms with van der Waals surface area (Å²) in [5.41, 5.74) is 1.16. The summed E-state index contributed by atoms with van der Waals surface area (Å²) in [6.07, 6.45) is 1.05. The number of thiazole rings is 1. The lowest BCUT2D eigenvalue weighted by Gasteiger charge is -2.04. The first-order chi connectivity index (χ1) is 6.13. The third-order valence-corrected chi connectivity index (χ3v) is 4.38. The van der Waals surface area contributed by atoms with Crippen molar-refractivity contribution in [2.24, 2.45) is 0 Å². The maximum atomic E-state index is 5.67. The summed E-state index contributed by atoms with van der Waals surface area (Å²) in [4.78, 5) is 5.79. The molecule has 1 unspecified atom stereocenters. The van der Waals surface area contributed by atoms with Crippen molar-refractivity contribution in [1.29, 1.82) is 0 Å². The van der Waals surface area contributed by atoms with Crippen LogP contribution < -0.4 is 0 Å². The molecule has 0 aliphatic carbocycles. The highest BCUT2D eigenvalue weighted by Gasteiger charge is 2.08. The van der Waals surface area contributed by atoms with Crippen LogP contribution in [0.3, 0.4) is 0 Å². The van der Waals surface area contributed by atoms with Gasteiger partial charge in [0.25, 0.3) is 0 Å². The highest BCUT2D eigenvalue weighted by atomic mass is 35.5. The minimum Gasteiger partial charge on any atom is -0.235 e. The van der Waals surface area contributed by atoms with Gasteiger partial charge in [-0.05, 0) is 20.3 Å². The Bertz CT molecular complexity index is 253. The first kappa shape index (κ1) is 11.3. The van der Waals surface area contributed by atoms with E-state index in [2.05, 4.69) is 25.8 Å². The van der Waals surface area contributed by atoms with Gasteiger partial charge in [-0.1, -0.05) is 18.7 Å². The Labute approximate surface area is 92.9 Å². The van der Waals surface area contributed by atoms with E-state index < -0.39 is 0 Å². The molecule has 1 aromatic rings. The SMILES string of the molecule is Cc1nc(SC(C)CCCl)sc1C. The average Bonchev–Trinajstić information content (AvgIpc) is 2.31. The Kier molecular flexibility index (Phi) is 4.56. The van der Waals surface area contributed by atoms with Crippen molar-refractivity contribution in [2.75, 3.05) is 5.88 Å². The number of hydrogen-bond donors (Lipinski definition) is 0. The topological polar surface area (TPSA) is 12.9 Å². The van der Waals surface area contributed by atoms with Crippen molar-refractivity contribution in [3.63, 3.8) is 0 Å². The van der Waals surface area contributed by atoms with Gasteiger partial charge in [0, 0.05) is 16.0 Å². The fraction of sp³-hybridized carbons (Fsp3) is 0.667. The highest BCUT2D eigenvalue weighted by molar-refractivity contribution is 8.01. The second kappa shape index (κ2) is 5.23. The smallest absolute Gasteiger partial charge is 0.150 e. The molecule has 0 aliphatic heterocycles. The van der Waals surface area contributed by atoms with Crippen LogP contribution in [0.15, 0.2) is 4.34 Å². The predicted octanol–water partition coefficient (Wildman–Crippen LogP) is 3.87. The van der Waals surface area contributed by atoms with E-state index in [0.717, 1.165) is 18.0 Å². The molecule has 1 atom stereocenters. The predicted molar refractivity (Wildman–Crippen MR) is 62.2 cm³/mol. The largest absolute Gasteiger partial charge is 0.235 e. The minimum atomic E-state index is 0.572. The van der Waals surface area contributed by atoms with Crippen LogP contribution in [0.2, 0.25) is 0 Å². The van der Waals surface area contributed by atoms with Crippen LogP contribution in [0.5, 0.6) is 0 Å². The van der Waals surface area contributed by atoms with Gasteiger partial charge in [0.2, 0.25) is 0 Å². The minimum absolute atomic E-state index is 0.572. The number of alkyl halides is 1. The van der Waals surface area contributed by atoms with Crippen LogP contribution >= 0.6 is 34.7 Å². The summed E-state index contributed by atoms with van der Waals surface area (Å²) in [5, 5.41) is 0.572. The standard InChI is InChI=1S/C9H14ClNS2/c1-6(4-5-10)12-9-11-7(2)8(3)13-9/h6H,4-5H2,1-3H3. The molecule has 0 bridgehead atoms. The van der Waals surface area contributed by atoms with Crippen molar-refractivity contribution in [2.45, 2.75) is 36.8 Å². The van der Waals surface area contributed by atoms with Crippen LogP contribution in [0, 0.1) is 13.8 Å². The van der Waals surface area contributed by atoms with E-state index in [1.54, 1.807) is 11.3 Å². The zero-order valence-corrected chi connectivity index (χ0v) is 10.5. The van der Waals surface area contributed by atoms with E-state index in [1.165, 1.54) is 9.22 Å². The molecular formula is C9H14ClNS2. The molecule has 0 saturated heterocycles. The first-order valence-electron chi connectivity index (χ1n) is 4.30. The third-order valence-electron chi connectivity index (χ3n) is 1.83. The van der Waals surface area contributed by atoms with Crippen LogP contribution in [0.25, 0.3) is 0 Å². The lowest BCUT2D eigenvalue weighted by atomic mass is 10.4. The molecule has 0 radical (unpaired) electrons. The van der Waals surface area contributed by atoms with E-state index >= 15 is 0 Å². The molecule has 13 heavy (non-hydrogen) atoms. The van der Waals surface area contributed by atoms with Gasteiger partial charge in [0.1, 0.15) is 0 Å². The van der Waals surface area contributed by atoms with E-state index in [0.29, 0.717) is 5.25 Å². The van der Waals surface area contributed by atoms with Gasteiger partial charge >= 0.3 is 0 Å². The Morgan fingerprint density at radius 1 is 1.54 bits per heavy atom. The molecule has 0 aromatic carbocycles. The molecular weight excluding hydrogens is 222 g/mol. The number of aromatic nitrogens is 1. The Morgan fingerprint density at radius 3 is 2.69 bits per heavy atom. The summed E-state index contributed by atoms with van der Waals surface area (Å²) >= 11 is 9.27. The quantitative estimate of drug-likeness (QED) is 0.581. The maximum absolute atomic E-state index is 5.67. The molecule has 0 N–H and O–H groups in total. The number of rotatable bonds is 4. The molecule has 4 heteroatoms. The molecule has 0 spiro atoms. The fourth-order valence-corrected chi connectivity index (χ4v) is 3.80. The van der Waals surface area contributed by atoms with Crippen LogP contribution in [-0.4, -0.2) is 16.1 Å². The average molecular weight is 236 g/mol. The summed E-state index contributed by atoms with van der Waals surface area (Å²) in [6.45, 7) is 6.37. The van der Waals surface area contributed by atoms with Gasteiger partial charge in [-0.15, -0.1) is 22.9 Å². The van der Waals surface area contributed by atoms with Gasteiger partial charge in [0.05, 0.1) is 5.69 Å². The van der Waals surface area contributed by atoms with Gasteiger partial charge in [0.15, 0.2) is 4.34 Å². The van der Waals surface area contributed by atoms with Crippen LogP contribution in [0.1, 0.15) is 23.9 Å². The molecule has 0 aliphatic rings. The van der Waals surface area contributed by atoms with Crippen LogP contribution in [-0.2, 0) is 0 Å². The molecule has 1 rings (SSSR count). The number of halogens is 1. The summed E-state index contributed by atoms with van der Waals surface area (Å²) in [5.74, 6) is 0.734. The van der Waals surface area contributed by atoms with E-state index in [9.17, 15) is 0 Å². The second-order valence-corrected chi connectivity index (χ2v) is 6.29. The number of hydrogen-bond acceptors (Lipinski definition) is 3. The lowest BCUT2D eigenvalue weighted by molar-refractivity contribution is 0.910. The maximum Gasteiger partial charge on any atom is 0.150 e. The number of thioether (sulfide) groups is 1. The normalized spacial score (nSPS) is 13.2. The van der Waals surface area contributed by atoms with Gasteiger partial charge in [-0.25, -0.2) is 4.98 Å². The van der Waals surface area contributed by atoms with E-state index in [-0.39, 0.29) is 0 Å². The van der Waals surface area contributed by atoms with Gasteiger partial charge in [-0.2, -0.15) is 0 Å². The Morgan fingerprint density at radius 2 is 2.23 bits per heavy atom. The lowest BCUT2D eigenvalue weighted by Crippen LogP contribution is -1.95. The number of aryl methyl sites for hydroxylation is 2. The molecule has 0 amide bonds. The first-order valence-corrected chi connectivity index (χ1v) is 6.53. The van der Waals surface area contributed by atoms with Crippen molar-refractivity contribution in [3.05, 3.63) is 10.6 Å². The van der Waals surface area contributed by atoms with E-state index in [4.69, 9.17) is 11.6 Å². The summed E-state index contributed by atoms with van der Waals surface area (Å²) < 4.78 is 1.17. The molecule has 74 valence electrons. The Hall–Kier alpha value is 0.270. The van der Waals surface area contributed by atoms with Crippen molar-refractivity contribution in [3.8, 4) is 0 Å². The summed E-state index contributed by atoms with van der Waals surface area (Å²) in [6, 6.07) is 0. The van der Waals surface area contributed by atoms with Crippen molar-refractivity contribution in [1.82, 2.24) is 4.98 Å². The summed E-state index contributed by atoms with van der Waals surface area (Å²) in [7, 11) is 0. The number of nitrogens with zero attached hydrogens (tertiary/aromatic N) is 1. The second-order valence-electron chi connectivity index (χ2n) is 3.03. The zero-order valence-electron chi connectivity index (χ0n) is 8.13. The molecule has 0 fully saturated rings. The molecule has 1 aromatic heterocycles. The van der Waals surface area contributed by atoms with Crippen molar-refractivity contribution >= 4 is 34.7 Å².